The van der Waals surface area contributed by atoms with Gasteiger partial charge in [-0.1, -0.05) is 56.2 Å². The van der Waals surface area contributed by atoms with Crippen LogP contribution >= 0.6 is 0 Å². The first-order chi connectivity index (χ1) is 11.5. The van der Waals surface area contributed by atoms with Crippen molar-refractivity contribution in [3.8, 4) is 0 Å². The molecule has 1 unspecified atom stereocenters. The minimum atomic E-state index is 0.0409. The Morgan fingerprint density at radius 1 is 1.17 bits per heavy atom. The molecule has 2 heteroatoms. The number of rotatable bonds is 7. The number of hydrogen-bond acceptors (Lipinski definition) is 2. The number of ketones is 1. The third kappa shape index (κ3) is 4.49. The van der Waals surface area contributed by atoms with Gasteiger partial charge in [0, 0.05) is 17.6 Å². The molecule has 0 bridgehead atoms. The molecule has 2 nitrogen and oxygen atoms in total. The molecular formula is C22H24O2. The van der Waals surface area contributed by atoms with Gasteiger partial charge >= 0.3 is 0 Å². The smallest absolute Gasteiger partial charge is 0.160 e. The summed E-state index contributed by atoms with van der Waals surface area (Å²) in [5.74, 6) is 1.33. The molecule has 1 aromatic carbocycles. The summed E-state index contributed by atoms with van der Waals surface area (Å²) in [5.41, 5.74) is 8.36. The number of carbonyl (C=O) groups is 1. The quantitative estimate of drug-likeness (QED) is 0.287. The van der Waals surface area contributed by atoms with Gasteiger partial charge < -0.3 is 4.74 Å². The average molecular weight is 320 g/mol. The largest absolute Gasteiger partial charge is 0.483 e. The molecule has 0 N–H and O–H groups in total. The Kier molecular flexibility index (Phi) is 6.21. The molecule has 0 amide bonds. The molecule has 24 heavy (non-hydrogen) atoms. The molecule has 0 fully saturated rings. The molecule has 0 saturated heterocycles. The van der Waals surface area contributed by atoms with Crippen LogP contribution in [0.15, 0.2) is 66.8 Å². The zero-order valence-electron chi connectivity index (χ0n) is 14.5. The van der Waals surface area contributed by atoms with Crippen molar-refractivity contribution < 1.29 is 9.53 Å². The molecule has 0 spiro atoms. The lowest BCUT2D eigenvalue weighted by molar-refractivity contribution is 0.101. The van der Waals surface area contributed by atoms with Gasteiger partial charge in [-0.25, -0.2) is 0 Å². The van der Waals surface area contributed by atoms with Crippen molar-refractivity contribution in [1.82, 2.24) is 0 Å². The lowest BCUT2D eigenvalue weighted by Gasteiger charge is -2.15. The second-order valence-corrected chi connectivity index (χ2v) is 6.11. The van der Waals surface area contributed by atoms with Gasteiger partial charge in [-0.2, -0.15) is 0 Å². The van der Waals surface area contributed by atoms with Crippen LogP contribution in [0.5, 0.6) is 0 Å². The van der Waals surface area contributed by atoms with E-state index in [4.69, 9.17) is 4.74 Å². The van der Waals surface area contributed by atoms with Gasteiger partial charge in [-0.15, -0.1) is 5.73 Å². The Hall–Kier alpha value is -2.53. The molecule has 0 saturated carbocycles. The highest BCUT2D eigenvalue weighted by Gasteiger charge is 2.18. The lowest BCUT2D eigenvalue weighted by Crippen LogP contribution is -2.08. The van der Waals surface area contributed by atoms with Crippen LogP contribution < -0.4 is 0 Å². The molecule has 124 valence electrons. The summed E-state index contributed by atoms with van der Waals surface area (Å²) in [7, 11) is 0. The van der Waals surface area contributed by atoms with Gasteiger partial charge in [0.25, 0.3) is 0 Å². The van der Waals surface area contributed by atoms with Crippen LogP contribution in [0.4, 0.5) is 0 Å². The van der Waals surface area contributed by atoms with Gasteiger partial charge in [0.15, 0.2) is 5.78 Å². The van der Waals surface area contributed by atoms with E-state index in [9.17, 15) is 4.79 Å². The van der Waals surface area contributed by atoms with E-state index >= 15 is 0 Å². The standard InChI is InChI=1S/C22H24O2/c1-5-18(22-10-8-7-9-21(22)17(4)23)12-14-19(6-2)24-20-13-11-16(3)15-20/h7-11,13,16,20H,1-2,12,14-15H2,3-4H3/t16?,20-/m0/s1. The Morgan fingerprint density at radius 3 is 2.42 bits per heavy atom. The zero-order valence-corrected chi connectivity index (χ0v) is 14.5. The summed E-state index contributed by atoms with van der Waals surface area (Å²) in [6.45, 7) is 11.3. The van der Waals surface area contributed by atoms with E-state index in [0.29, 0.717) is 24.3 Å². The maximum Gasteiger partial charge on any atom is 0.160 e. The molecule has 2 rings (SSSR count). The zero-order chi connectivity index (χ0) is 17.5. The first kappa shape index (κ1) is 17.8. The van der Waals surface area contributed by atoms with Crippen LogP contribution in [0.3, 0.4) is 0 Å². The highest BCUT2D eigenvalue weighted by Crippen LogP contribution is 2.27. The summed E-state index contributed by atoms with van der Waals surface area (Å²) in [4.78, 5) is 11.8. The summed E-state index contributed by atoms with van der Waals surface area (Å²) in [5, 5.41) is 0. The van der Waals surface area contributed by atoms with Gasteiger partial charge in [0.1, 0.15) is 11.9 Å². The van der Waals surface area contributed by atoms with Crippen LogP contribution in [0.1, 0.15) is 49.0 Å². The van der Waals surface area contributed by atoms with Gasteiger partial charge in [0.2, 0.25) is 0 Å². The van der Waals surface area contributed by atoms with Crippen molar-refractivity contribution in [3.63, 3.8) is 0 Å². The Balaban J connectivity index is 2.06. The van der Waals surface area contributed by atoms with Crippen molar-refractivity contribution >= 4 is 11.4 Å². The maximum absolute atomic E-state index is 11.8. The average Bonchev–Trinajstić information content (AvgIpc) is 2.99. The Labute approximate surface area is 144 Å². The first-order valence-corrected chi connectivity index (χ1v) is 8.28. The van der Waals surface area contributed by atoms with E-state index in [1.54, 1.807) is 6.92 Å². The minimum Gasteiger partial charge on any atom is -0.483 e. The number of allylic oxidation sites excluding steroid dienone is 3. The summed E-state index contributed by atoms with van der Waals surface area (Å²) < 4.78 is 5.97. The molecule has 1 aliphatic rings. The highest BCUT2D eigenvalue weighted by molar-refractivity contribution is 5.99. The number of Topliss-reactive ketones (excluding diaryl/α,β-unsaturated/α-hetero) is 1. The topological polar surface area (TPSA) is 26.3 Å². The molecule has 2 atom stereocenters. The van der Waals surface area contributed by atoms with E-state index in [2.05, 4.69) is 43.7 Å². The molecule has 1 aromatic rings. The predicted molar refractivity (Wildman–Crippen MR) is 98.7 cm³/mol. The van der Waals surface area contributed by atoms with E-state index in [1.165, 1.54) is 0 Å². The number of benzene rings is 1. The fourth-order valence-electron chi connectivity index (χ4n) is 2.91. The minimum absolute atomic E-state index is 0.0409. The lowest BCUT2D eigenvalue weighted by atomic mass is 9.95. The number of hydrogen-bond donors (Lipinski definition) is 0. The van der Waals surface area contributed by atoms with Crippen LogP contribution in [0.2, 0.25) is 0 Å². The third-order valence-electron chi connectivity index (χ3n) is 4.20. The van der Waals surface area contributed by atoms with Gasteiger partial charge in [0.05, 0.1) is 0 Å². The molecular weight excluding hydrogens is 296 g/mol. The Bertz CT molecular complexity index is 741. The molecule has 0 radical (unpaired) electrons. The van der Waals surface area contributed by atoms with Crippen LogP contribution in [0.25, 0.3) is 5.57 Å². The van der Waals surface area contributed by atoms with E-state index < -0.39 is 0 Å². The van der Waals surface area contributed by atoms with Crippen molar-refractivity contribution in [1.29, 1.82) is 0 Å². The number of carbonyl (C=O) groups excluding carboxylic acids is 1. The third-order valence-corrected chi connectivity index (χ3v) is 4.20. The second kappa shape index (κ2) is 8.36. The van der Waals surface area contributed by atoms with Crippen LogP contribution in [-0.2, 0) is 4.74 Å². The fraction of sp³-hybridized carbons (Fsp3) is 0.318. The van der Waals surface area contributed by atoms with Crippen molar-refractivity contribution in [2.45, 2.75) is 39.2 Å². The SMILES string of the molecule is C=C=C(CCC(=C=C)c1ccccc1C(C)=O)O[C@H]1C=CC(C)C1. The molecule has 1 aliphatic carbocycles. The monoisotopic (exact) mass is 320 g/mol. The second-order valence-electron chi connectivity index (χ2n) is 6.11. The summed E-state index contributed by atoms with van der Waals surface area (Å²) in [6.07, 6.45) is 6.69. The highest BCUT2D eigenvalue weighted by atomic mass is 16.5. The maximum atomic E-state index is 11.8. The van der Waals surface area contributed by atoms with Gasteiger partial charge in [-0.05, 0) is 37.3 Å². The normalized spacial score (nSPS) is 18.6. The summed E-state index contributed by atoms with van der Waals surface area (Å²) in [6, 6.07) is 7.56. The first-order valence-electron chi connectivity index (χ1n) is 8.28. The van der Waals surface area contributed by atoms with E-state index in [0.717, 1.165) is 23.3 Å². The fourth-order valence-corrected chi connectivity index (χ4v) is 2.91. The Morgan fingerprint density at radius 2 is 1.88 bits per heavy atom. The van der Waals surface area contributed by atoms with Crippen molar-refractivity contribution in [3.05, 3.63) is 77.9 Å². The van der Waals surface area contributed by atoms with Crippen LogP contribution in [-0.4, -0.2) is 11.9 Å². The molecule has 0 aromatic heterocycles. The van der Waals surface area contributed by atoms with E-state index in [-0.39, 0.29) is 11.9 Å². The van der Waals surface area contributed by atoms with Crippen molar-refractivity contribution in [2.24, 2.45) is 5.92 Å². The van der Waals surface area contributed by atoms with Crippen LogP contribution in [0, 0.1) is 5.92 Å². The van der Waals surface area contributed by atoms with Crippen molar-refractivity contribution in [2.75, 3.05) is 0 Å². The van der Waals surface area contributed by atoms with E-state index in [1.807, 2.05) is 24.3 Å². The number of ether oxygens (including phenoxy) is 1. The summed E-state index contributed by atoms with van der Waals surface area (Å²) >= 11 is 0. The molecule has 0 aliphatic heterocycles. The van der Waals surface area contributed by atoms with Gasteiger partial charge in [-0.3, -0.25) is 4.79 Å². The predicted octanol–water partition coefficient (Wildman–Crippen LogP) is 5.49. The molecule has 0 heterocycles.